The van der Waals surface area contributed by atoms with Gasteiger partial charge in [0.05, 0.1) is 11.3 Å². The summed E-state index contributed by atoms with van der Waals surface area (Å²) in [5, 5.41) is 0. The zero-order chi connectivity index (χ0) is 19.7. The van der Waals surface area contributed by atoms with Gasteiger partial charge in [-0.15, -0.1) is 0 Å². The Hall–Kier alpha value is -2.76. The first-order chi connectivity index (χ1) is 13.5. The lowest BCUT2D eigenvalue weighted by molar-refractivity contribution is -0.137. The Morgan fingerprint density at radius 2 is 1.79 bits per heavy atom. The molecule has 0 N–H and O–H groups in total. The van der Waals surface area contributed by atoms with E-state index in [9.17, 15) is 13.2 Å². The summed E-state index contributed by atoms with van der Waals surface area (Å²) in [6, 6.07) is 9.09. The predicted octanol–water partition coefficient (Wildman–Crippen LogP) is 5.83. The molecule has 2 aliphatic heterocycles. The molecular formula is C22H20F3NO2. The van der Waals surface area contributed by atoms with Crippen LogP contribution in [0.15, 0.2) is 47.5 Å². The van der Waals surface area contributed by atoms with Gasteiger partial charge in [-0.05, 0) is 47.9 Å². The Kier molecular flexibility index (Phi) is 4.87. The van der Waals surface area contributed by atoms with E-state index in [4.69, 9.17) is 14.5 Å². The monoisotopic (exact) mass is 387 g/mol. The number of benzene rings is 2. The van der Waals surface area contributed by atoms with Crippen LogP contribution >= 0.6 is 0 Å². The number of hydrogen-bond donors (Lipinski definition) is 0. The Labute approximate surface area is 161 Å². The van der Waals surface area contributed by atoms with E-state index < -0.39 is 11.7 Å². The van der Waals surface area contributed by atoms with Crippen LogP contribution < -0.4 is 9.47 Å². The molecule has 2 aromatic rings. The van der Waals surface area contributed by atoms with E-state index in [-0.39, 0.29) is 6.79 Å². The van der Waals surface area contributed by atoms with Gasteiger partial charge < -0.3 is 9.47 Å². The number of allylic oxidation sites excluding steroid dienone is 1. The Morgan fingerprint density at radius 3 is 2.46 bits per heavy atom. The molecule has 0 saturated carbocycles. The summed E-state index contributed by atoms with van der Waals surface area (Å²) >= 11 is 0. The van der Waals surface area contributed by atoms with Gasteiger partial charge in [-0.2, -0.15) is 13.2 Å². The molecule has 0 fully saturated rings. The highest BCUT2D eigenvalue weighted by Gasteiger charge is 2.30. The van der Waals surface area contributed by atoms with Gasteiger partial charge in [0.15, 0.2) is 11.5 Å². The van der Waals surface area contributed by atoms with E-state index in [1.807, 2.05) is 18.2 Å². The number of aliphatic imine (C=N–C) groups is 1. The van der Waals surface area contributed by atoms with E-state index in [1.54, 1.807) is 6.08 Å². The number of alkyl halides is 3. The molecule has 0 amide bonds. The van der Waals surface area contributed by atoms with Gasteiger partial charge in [0.25, 0.3) is 0 Å². The fraction of sp³-hybridized carbons (Fsp3) is 0.318. The Morgan fingerprint density at radius 1 is 1.07 bits per heavy atom. The van der Waals surface area contributed by atoms with Crippen molar-refractivity contribution >= 4 is 11.8 Å². The van der Waals surface area contributed by atoms with Crippen LogP contribution in [0.1, 0.15) is 47.9 Å². The maximum atomic E-state index is 12.7. The zero-order valence-electron chi connectivity index (χ0n) is 15.4. The summed E-state index contributed by atoms with van der Waals surface area (Å²) in [5.74, 6) is 1.79. The standard InChI is InChI=1S/C22H20F3NO2/c1-2-3-15-12-26-19(18-11-21-20(10-17(15)18)27-13-28-21)9-6-14-4-7-16(8-5-14)22(23,24)25/h4-11,15H,2-3,12-13H2,1H3. The number of ether oxygens (including phenoxy) is 2. The number of fused-ring (bicyclic) bond motifs is 2. The lowest BCUT2D eigenvalue weighted by atomic mass is 9.86. The SMILES string of the molecule is CCCC1CN=C(C=Cc2ccc(C(F)(F)F)cc2)c2cc3c(cc21)OCO3. The Bertz CT molecular complexity index is 930. The van der Waals surface area contributed by atoms with Crippen molar-refractivity contribution in [3.05, 3.63) is 64.7 Å². The number of nitrogens with zero attached hydrogens (tertiary/aromatic N) is 1. The second-order valence-electron chi connectivity index (χ2n) is 6.96. The quantitative estimate of drug-likeness (QED) is 0.660. The first-order valence-electron chi connectivity index (χ1n) is 9.29. The molecule has 0 bridgehead atoms. The zero-order valence-corrected chi connectivity index (χ0v) is 15.4. The minimum atomic E-state index is -4.33. The van der Waals surface area contributed by atoms with Crippen LogP contribution in [-0.4, -0.2) is 19.0 Å². The topological polar surface area (TPSA) is 30.8 Å². The minimum Gasteiger partial charge on any atom is -0.454 e. The smallest absolute Gasteiger partial charge is 0.416 e. The summed E-state index contributed by atoms with van der Waals surface area (Å²) in [6.07, 6.45) is 1.40. The van der Waals surface area contributed by atoms with E-state index in [1.165, 1.54) is 17.7 Å². The minimum absolute atomic E-state index is 0.213. The van der Waals surface area contributed by atoms with Crippen molar-refractivity contribution < 1.29 is 22.6 Å². The fourth-order valence-electron chi connectivity index (χ4n) is 3.61. The molecule has 0 saturated heterocycles. The number of hydrogen-bond acceptors (Lipinski definition) is 3. The lowest BCUT2D eigenvalue weighted by Gasteiger charge is -2.24. The van der Waals surface area contributed by atoms with E-state index >= 15 is 0 Å². The molecule has 4 rings (SSSR count). The summed E-state index contributed by atoms with van der Waals surface area (Å²) in [6.45, 7) is 3.05. The highest BCUT2D eigenvalue weighted by molar-refractivity contribution is 6.12. The molecule has 2 aromatic carbocycles. The van der Waals surface area contributed by atoms with Crippen molar-refractivity contribution in [3.63, 3.8) is 0 Å². The average Bonchev–Trinajstić information content (AvgIpc) is 3.13. The molecule has 1 atom stereocenters. The van der Waals surface area contributed by atoms with E-state index in [0.717, 1.165) is 42.0 Å². The third kappa shape index (κ3) is 3.63. The highest BCUT2D eigenvalue weighted by atomic mass is 19.4. The van der Waals surface area contributed by atoms with Crippen molar-refractivity contribution in [2.75, 3.05) is 13.3 Å². The number of rotatable bonds is 4. The van der Waals surface area contributed by atoms with E-state index in [0.29, 0.717) is 23.8 Å². The summed E-state index contributed by atoms with van der Waals surface area (Å²) in [5.41, 5.74) is 3.03. The van der Waals surface area contributed by atoms with Crippen LogP contribution in [0.2, 0.25) is 0 Å². The molecule has 1 unspecified atom stereocenters. The summed E-state index contributed by atoms with van der Waals surface area (Å²) < 4.78 is 49.2. The maximum absolute atomic E-state index is 12.7. The van der Waals surface area contributed by atoms with Crippen molar-refractivity contribution in [1.29, 1.82) is 0 Å². The van der Waals surface area contributed by atoms with Gasteiger partial charge in [0, 0.05) is 18.0 Å². The molecule has 146 valence electrons. The van der Waals surface area contributed by atoms with Gasteiger partial charge in [-0.3, -0.25) is 4.99 Å². The molecule has 3 nitrogen and oxygen atoms in total. The van der Waals surface area contributed by atoms with Crippen LogP contribution in [0.25, 0.3) is 6.08 Å². The van der Waals surface area contributed by atoms with Gasteiger partial charge in [-0.1, -0.05) is 31.6 Å². The van der Waals surface area contributed by atoms with Gasteiger partial charge in [0.2, 0.25) is 6.79 Å². The van der Waals surface area contributed by atoms with Crippen molar-refractivity contribution in [2.45, 2.75) is 31.9 Å². The molecule has 2 aliphatic rings. The molecule has 0 aromatic heterocycles. The van der Waals surface area contributed by atoms with Crippen LogP contribution in [0.4, 0.5) is 13.2 Å². The summed E-state index contributed by atoms with van der Waals surface area (Å²) in [7, 11) is 0. The van der Waals surface area contributed by atoms with Crippen molar-refractivity contribution in [3.8, 4) is 11.5 Å². The Balaban J connectivity index is 1.63. The van der Waals surface area contributed by atoms with Crippen LogP contribution in [0.3, 0.4) is 0 Å². The highest BCUT2D eigenvalue weighted by Crippen LogP contribution is 2.40. The second kappa shape index (κ2) is 7.34. The van der Waals surface area contributed by atoms with Gasteiger partial charge in [-0.25, -0.2) is 0 Å². The third-order valence-electron chi connectivity index (χ3n) is 5.05. The van der Waals surface area contributed by atoms with Crippen LogP contribution in [0, 0.1) is 0 Å². The first-order valence-corrected chi connectivity index (χ1v) is 9.29. The van der Waals surface area contributed by atoms with Gasteiger partial charge >= 0.3 is 6.18 Å². The molecule has 2 heterocycles. The molecule has 0 spiro atoms. The predicted molar refractivity (Wildman–Crippen MR) is 102 cm³/mol. The number of halogens is 3. The largest absolute Gasteiger partial charge is 0.454 e. The molecule has 0 radical (unpaired) electrons. The van der Waals surface area contributed by atoms with Crippen molar-refractivity contribution in [2.24, 2.45) is 4.99 Å². The molecule has 28 heavy (non-hydrogen) atoms. The molecule has 0 aliphatic carbocycles. The van der Waals surface area contributed by atoms with Crippen molar-refractivity contribution in [1.82, 2.24) is 0 Å². The van der Waals surface area contributed by atoms with Crippen LogP contribution in [-0.2, 0) is 6.18 Å². The maximum Gasteiger partial charge on any atom is 0.416 e. The van der Waals surface area contributed by atoms with E-state index in [2.05, 4.69) is 6.92 Å². The average molecular weight is 387 g/mol. The van der Waals surface area contributed by atoms with Crippen LogP contribution in [0.5, 0.6) is 11.5 Å². The molecular weight excluding hydrogens is 367 g/mol. The normalized spacial score (nSPS) is 18.3. The fourth-order valence-corrected chi connectivity index (χ4v) is 3.61. The summed E-state index contributed by atoms with van der Waals surface area (Å²) in [4.78, 5) is 4.72. The third-order valence-corrected chi connectivity index (χ3v) is 5.05. The first kappa shape index (κ1) is 18.6. The molecule has 6 heteroatoms. The second-order valence-corrected chi connectivity index (χ2v) is 6.96. The lowest BCUT2D eigenvalue weighted by Crippen LogP contribution is -2.16. The van der Waals surface area contributed by atoms with Gasteiger partial charge in [0.1, 0.15) is 0 Å².